The maximum absolute atomic E-state index is 13.9. The van der Waals surface area contributed by atoms with Gasteiger partial charge in [0, 0.05) is 31.4 Å². The van der Waals surface area contributed by atoms with E-state index < -0.39 is 0 Å². The number of hydrogen-bond acceptors (Lipinski definition) is 4. The number of ether oxygens (including phenoxy) is 1. The van der Waals surface area contributed by atoms with Crippen LogP contribution < -0.4 is 9.64 Å². The van der Waals surface area contributed by atoms with Crippen molar-refractivity contribution in [3.63, 3.8) is 0 Å². The first-order chi connectivity index (χ1) is 14.8. The van der Waals surface area contributed by atoms with Crippen molar-refractivity contribution in [2.45, 2.75) is 64.8 Å². The first-order valence-electron chi connectivity index (χ1n) is 11.2. The molecular formula is C26H33FN2O2. The van der Waals surface area contributed by atoms with Crippen molar-refractivity contribution in [1.29, 1.82) is 0 Å². The van der Waals surface area contributed by atoms with Crippen LogP contribution in [0.2, 0.25) is 0 Å². The Bertz CT molecular complexity index is 974. The standard InChI is InChI=1S/C26H33FN2O2/c1-18(2)31-25-12-21(8-9-24(25)30)17-28-11-10-26(15-20(28)4)14-19(3)16-29(26)23-7-5-6-22(27)13-23/h5-9,12-14,18,20,30H,10-11,15-17H2,1-4H3/t20-,26-/m0/s1. The number of nitrogens with zero attached hydrogens (tertiary/aromatic N) is 2. The first kappa shape index (κ1) is 21.7. The molecule has 2 aromatic rings. The highest BCUT2D eigenvalue weighted by Gasteiger charge is 2.44. The molecule has 1 spiro atoms. The molecule has 2 aliphatic rings. The summed E-state index contributed by atoms with van der Waals surface area (Å²) >= 11 is 0. The molecule has 4 rings (SSSR count). The molecular weight excluding hydrogens is 391 g/mol. The lowest BCUT2D eigenvalue weighted by molar-refractivity contribution is 0.116. The highest BCUT2D eigenvalue weighted by atomic mass is 19.1. The van der Waals surface area contributed by atoms with E-state index in [0.29, 0.717) is 11.8 Å². The molecule has 4 nitrogen and oxygen atoms in total. The molecule has 1 saturated heterocycles. The Labute approximate surface area is 184 Å². The van der Waals surface area contributed by atoms with Crippen LogP contribution in [0, 0.1) is 5.82 Å². The molecule has 1 fully saturated rings. The van der Waals surface area contributed by atoms with E-state index in [-0.39, 0.29) is 23.2 Å². The first-order valence-corrected chi connectivity index (χ1v) is 11.2. The topological polar surface area (TPSA) is 35.9 Å². The summed E-state index contributed by atoms with van der Waals surface area (Å²) in [6.07, 6.45) is 4.41. The molecule has 2 aliphatic heterocycles. The van der Waals surface area contributed by atoms with E-state index in [1.54, 1.807) is 18.2 Å². The number of aromatic hydroxyl groups is 1. The van der Waals surface area contributed by atoms with Crippen molar-refractivity contribution in [3.05, 3.63) is 65.5 Å². The van der Waals surface area contributed by atoms with Gasteiger partial charge in [-0.1, -0.05) is 23.8 Å². The monoisotopic (exact) mass is 424 g/mol. The van der Waals surface area contributed by atoms with Crippen molar-refractivity contribution < 1.29 is 14.2 Å². The van der Waals surface area contributed by atoms with Crippen molar-refractivity contribution >= 4 is 5.69 Å². The van der Waals surface area contributed by atoms with Gasteiger partial charge < -0.3 is 14.7 Å². The van der Waals surface area contributed by atoms with E-state index in [1.807, 2.05) is 32.0 Å². The summed E-state index contributed by atoms with van der Waals surface area (Å²) < 4.78 is 19.7. The van der Waals surface area contributed by atoms with Crippen LogP contribution in [-0.4, -0.2) is 40.8 Å². The molecule has 0 aliphatic carbocycles. The van der Waals surface area contributed by atoms with Gasteiger partial charge in [0.25, 0.3) is 0 Å². The second-order valence-corrected chi connectivity index (χ2v) is 9.40. The van der Waals surface area contributed by atoms with Gasteiger partial charge >= 0.3 is 0 Å². The summed E-state index contributed by atoms with van der Waals surface area (Å²) in [7, 11) is 0. The smallest absolute Gasteiger partial charge is 0.161 e. The van der Waals surface area contributed by atoms with Crippen molar-refractivity contribution in [3.8, 4) is 11.5 Å². The third-order valence-electron chi connectivity index (χ3n) is 6.46. The second-order valence-electron chi connectivity index (χ2n) is 9.40. The minimum Gasteiger partial charge on any atom is -0.504 e. The van der Waals surface area contributed by atoms with Gasteiger partial charge in [-0.05, 0) is 76.4 Å². The molecule has 31 heavy (non-hydrogen) atoms. The molecule has 0 aromatic heterocycles. The average Bonchev–Trinajstić information content (AvgIpc) is 3.02. The van der Waals surface area contributed by atoms with Crippen LogP contribution in [0.1, 0.15) is 46.1 Å². The Hall–Kier alpha value is -2.53. The Morgan fingerprint density at radius 2 is 2.03 bits per heavy atom. The molecule has 0 saturated carbocycles. The maximum atomic E-state index is 13.9. The van der Waals surface area contributed by atoms with Crippen LogP contribution in [0.15, 0.2) is 54.1 Å². The van der Waals surface area contributed by atoms with E-state index in [0.717, 1.165) is 43.7 Å². The zero-order chi connectivity index (χ0) is 22.2. The third kappa shape index (κ3) is 4.57. The molecule has 5 heteroatoms. The van der Waals surface area contributed by atoms with E-state index in [9.17, 15) is 9.50 Å². The summed E-state index contributed by atoms with van der Waals surface area (Å²) in [5.41, 5.74) is 3.38. The van der Waals surface area contributed by atoms with Crippen molar-refractivity contribution in [2.75, 3.05) is 18.0 Å². The molecule has 2 aromatic carbocycles. The van der Waals surface area contributed by atoms with Crippen molar-refractivity contribution in [2.24, 2.45) is 0 Å². The van der Waals surface area contributed by atoms with Gasteiger partial charge in [-0.2, -0.15) is 0 Å². The number of benzene rings is 2. The number of piperidine rings is 1. The summed E-state index contributed by atoms with van der Waals surface area (Å²) in [6, 6.07) is 13.0. The lowest BCUT2D eigenvalue weighted by Crippen LogP contribution is -2.55. The van der Waals surface area contributed by atoms with Gasteiger partial charge in [0.15, 0.2) is 11.5 Å². The number of phenolic OH excluding ortho intramolecular Hbond substituents is 1. The molecule has 0 amide bonds. The van der Waals surface area contributed by atoms with Gasteiger partial charge in [-0.25, -0.2) is 4.39 Å². The molecule has 0 unspecified atom stereocenters. The molecule has 0 bridgehead atoms. The second kappa shape index (κ2) is 8.54. The van der Waals surface area contributed by atoms with Crippen LogP contribution in [-0.2, 0) is 6.54 Å². The molecule has 2 heterocycles. The van der Waals surface area contributed by atoms with E-state index in [4.69, 9.17) is 4.74 Å². The minimum absolute atomic E-state index is 0.0149. The lowest BCUT2D eigenvalue weighted by atomic mass is 9.82. The van der Waals surface area contributed by atoms with Crippen molar-refractivity contribution in [1.82, 2.24) is 4.90 Å². The zero-order valence-corrected chi connectivity index (χ0v) is 18.9. The average molecular weight is 425 g/mol. The minimum atomic E-state index is -0.186. The summed E-state index contributed by atoms with van der Waals surface area (Å²) in [5.74, 6) is 0.537. The largest absolute Gasteiger partial charge is 0.504 e. The van der Waals surface area contributed by atoms with Crippen LogP contribution in [0.5, 0.6) is 11.5 Å². The normalized spacial score (nSPS) is 24.1. The number of phenols is 1. The predicted molar refractivity (Wildman–Crippen MR) is 123 cm³/mol. The van der Waals surface area contributed by atoms with Crippen LogP contribution in [0.25, 0.3) is 0 Å². The fourth-order valence-electron chi connectivity index (χ4n) is 5.13. The number of halogens is 1. The van der Waals surface area contributed by atoms with Crippen LogP contribution in [0.4, 0.5) is 10.1 Å². The van der Waals surface area contributed by atoms with Gasteiger partial charge in [0.2, 0.25) is 0 Å². The maximum Gasteiger partial charge on any atom is 0.161 e. The fourth-order valence-corrected chi connectivity index (χ4v) is 5.13. The summed E-state index contributed by atoms with van der Waals surface area (Å²) in [4.78, 5) is 4.87. The molecule has 166 valence electrons. The predicted octanol–water partition coefficient (Wildman–Crippen LogP) is 5.51. The number of rotatable bonds is 5. The summed E-state index contributed by atoms with van der Waals surface area (Å²) in [5, 5.41) is 10.1. The quantitative estimate of drug-likeness (QED) is 0.642. The molecule has 0 radical (unpaired) electrons. The Morgan fingerprint density at radius 1 is 1.23 bits per heavy atom. The lowest BCUT2D eigenvalue weighted by Gasteiger charge is -2.48. The van der Waals surface area contributed by atoms with E-state index >= 15 is 0 Å². The zero-order valence-electron chi connectivity index (χ0n) is 18.9. The number of likely N-dealkylation sites (tertiary alicyclic amines) is 1. The SMILES string of the molecule is CC1=C[C@]2(CCN(Cc3ccc(O)c(OC(C)C)c3)[C@@H](C)C2)N(c2cccc(F)c2)C1. The Balaban J connectivity index is 1.50. The highest BCUT2D eigenvalue weighted by Crippen LogP contribution is 2.42. The van der Waals surface area contributed by atoms with Gasteiger partial charge in [-0.3, -0.25) is 4.90 Å². The molecule has 1 N–H and O–H groups in total. The number of anilines is 1. The Kier molecular flexibility index (Phi) is 5.98. The summed E-state index contributed by atoms with van der Waals surface area (Å²) in [6.45, 7) is 11.0. The fraction of sp³-hybridized carbons (Fsp3) is 0.462. The Morgan fingerprint density at radius 3 is 2.74 bits per heavy atom. The third-order valence-corrected chi connectivity index (χ3v) is 6.46. The van der Waals surface area contributed by atoms with E-state index in [1.165, 1.54) is 11.6 Å². The highest BCUT2D eigenvalue weighted by molar-refractivity contribution is 5.56. The number of hydrogen-bond donors (Lipinski definition) is 1. The molecule has 2 atom stereocenters. The van der Waals surface area contributed by atoms with E-state index in [2.05, 4.69) is 29.7 Å². The van der Waals surface area contributed by atoms with Gasteiger partial charge in [-0.15, -0.1) is 0 Å². The van der Waals surface area contributed by atoms with Gasteiger partial charge in [0.05, 0.1) is 11.6 Å². The van der Waals surface area contributed by atoms with Crippen LogP contribution >= 0.6 is 0 Å². The van der Waals surface area contributed by atoms with Crippen LogP contribution in [0.3, 0.4) is 0 Å². The van der Waals surface area contributed by atoms with Gasteiger partial charge in [0.1, 0.15) is 5.82 Å².